The largest absolute Gasteiger partial charge is 0.352 e. The van der Waals surface area contributed by atoms with E-state index in [2.05, 4.69) is 58.6 Å². The van der Waals surface area contributed by atoms with Gasteiger partial charge in [-0.15, -0.1) is 24.0 Å². The molecule has 0 aliphatic heterocycles. The van der Waals surface area contributed by atoms with Gasteiger partial charge in [0.15, 0.2) is 5.96 Å². The predicted molar refractivity (Wildman–Crippen MR) is 122 cm³/mol. The quantitative estimate of drug-likeness (QED) is 0.336. The molecule has 0 saturated heterocycles. The van der Waals surface area contributed by atoms with Crippen LogP contribution in [-0.4, -0.2) is 31.0 Å². The van der Waals surface area contributed by atoms with E-state index in [1.54, 1.807) is 13.1 Å². The molecule has 148 valence electrons. The average molecular weight is 484 g/mol. The molecule has 0 bridgehead atoms. The molecule has 6 heteroatoms. The zero-order valence-electron chi connectivity index (χ0n) is 16.3. The van der Waals surface area contributed by atoms with E-state index >= 15 is 0 Å². The van der Waals surface area contributed by atoms with Crippen molar-refractivity contribution < 1.29 is 4.39 Å². The van der Waals surface area contributed by atoms with Crippen molar-refractivity contribution in [3.05, 3.63) is 71.0 Å². The number of benzene rings is 2. The van der Waals surface area contributed by atoms with Crippen LogP contribution in [0.5, 0.6) is 0 Å². The number of guanidine groups is 1. The third kappa shape index (κ3) is 7.84. The third-order valence-electron chi connectivity index (χ3n) is 4.43. The summed E-state index contributed by atoms with van der Waals surface area (Å²) >= 11 is 0. The van der Waals surface area contributed by atoms with Crippen LogP contribution in [-0.2, 0) is 19.6 Å². The van der Waals surface area contributed by atoms with Crippen LogP contribution in [0.4, 0.5) is 4.39 Å². The summed E-state index contributed by atoms with van der Waals surface area (Å²) in [7, 11) is 1.74. The molecule has 2 N–H and O–H groups in total. The Morgan fingerprint density at radius 3 is 2.26 bits per heavy atom. The Kier molecular flexibility index (Phi) is 11.0. The highest BCUT2D eigenvalue weighted by molar-refractivity contribution is 14.0. The number of nitrogens with one attached hydrogen (secondary N) is 2. The van der Waals surface area contributed by atoms with Crippen LogP contribution in [0.1, 0.15) is 30.5 Å². The number of hydrogen-bond donors (Lipinski definition) is 2. The van der Waals surface area contributed by atoms with Crippen LogP contribution < -0.4 is 10.6 Å². The van der Waals surface area contributed by atoms with Gasteiger partial charge in [0, 0.05) is 26.7 Å². The summed E-state index contributed by atoms with van der Waals surface area (Å²) in [5.74, 6) is 0.476. The molecule has 4 nitrogen and oxygen atoms in total. The number of hydrogen-bond acceptors (Lipinski definition) is 2. The first kappa shape index (κ1) is 23.4. The molecule has 0 fully saturated rings. The van der Waals surface area contributed by atoms with Gasteiger partial charge >= 0.3 is 0 Å². The summed E-state index contributed by atoms with van der Waals surface area (Å²) in [4.78, 5) is 6.65. The molecule has 0 aliphatic carbocycles. The Bertz CT molecular complexity index is 717. The molecule has 0 aromatic heterocycles. The maximum Gasteiger partial charge on any atom is 0.191 e. The Morgan fingerprint density at radius 1 is 0.963 bits per heavy atom. The number of aliphatic imine (C=N–C) groups is 1. The minimum atomic E-state index is -0.224. The van der Waals surface area contributed by atoms with Gasteiger partial charge in [0.1, 0.15) is 5.82 Å². The second-order valence-corrected chi connectivity index (χ2v) is 6.14. The standard InChI is InChI=1S/C21H29FN4.HI/c1-4-26(5-2)16-19-11-7-6-10-18(19)15-25-21(23-3)24-14-17-9-8-12-20(22)13-17;/h6-13H,4-5,14-16H2,1-3H3,(H2,23,24,25);1H. The number of rotatable bonds is 8. The van der Waals surface area contributed by atoms with Crippen LogP contribution in [0.25, 0.3) is 0 Å². The number of nitrogens with zero attached hydrogens (tertiary/aromatic N) is 2. The van der Waals surface area contributed by atoms with Crippen LogP contribution >= 0.6 is 24.0 Å². The lowest BCUT2D eigenvalue weighted by atomic mass is 10.1. The summed E-state index contributed by atoms with van der Waals surface area (Å²) in [5, 5.41) is 6.57. The molecule has 0 spiro atoms. The van der Waals surface area contributed by atoms with Crippen LogP contribution in [0.15, 0.2) is 53.5 Å². The highest BCUT2D eigenvalue weighted by atomic mass is 127. The zero-order chi connectivity index (χ0) is 18.8. The highest BCUT2D eigenvalue weighted by Gasteiger charge is 2.07. The van der Waals surface area contributed by atoms with E-state index in [4.69, 9.17) is 0 Å². The molecule has 0 heterocycles. The van der Waals surface area contributed by atoms with Crippen LogP contribution in [0.2, 0.25) is 0 Å². The molecule has 2 aromatic carbocycles. The first-order valence-electron chi connectivity index (χ1n) is 9.14. The second-order valence-electron chi connectivity index (χ2n) is 6.14. The molecule has 2 aromatic rings. The summed E-state index contributed by atoms with van der Waals surface area (Å²) in [5.41, 5.74) is 3.47. The van der Waals surface area contributed by atoms with Gasteiger partial charge in [-0.1, -0.05) is 50.2 Å². The Labute approximate surface area is 179 Å². The summed E-state index contributed by atoms with van der Waals surface area (Å²) in [6.07, 6.45) is 0. The van der Waals surface area contributed by atoms with E-state index in [0.29, 0.717) is 19.0 Å². The smallest absolute Gasteiger partial charge is 0.191 e. The average Bonchev–Trinajstić information content (AvgIpc) is 2.67. The van der Waals surface area contributed by atoms with Gasteiger partial charge in [0.05, 0.1) is 0 Å². The lowest BCUT2D eigenvalue weighted by Gasteiger charge is -2.20. The maximum atomic E-state index is 13.3. The van der Waals surface area contributed by atoms with Crippen molar-refractivity contribution >= 4 is 29.9 Å². The van der Waals surface area contributed by atoms with Gasteiger partial charge in [0.2, 0.25) is 0 Å². The molecule has 0 atom stereocenters. The third-order valence-corrected chi connectivity index (χ3v) is 4.43. The minimum Gasteiger partial charge on any atom is -0.352 e. The molecular formula is C21H30FIN4. The van der Waals surface area contributed by atoms with E-state index in [0.717, 1.165) is 25.2 Å². The van der Waals surface area contributed by atoms with E-state index in [1.165, 1.54) is 23.3 Å². The minimum absolute atomic E-state index is 0. The van der Waals surface area contributed by atoms with Crippen molar-refractivity contribution in [2.75, 3.05) is 20.1 Å². The van der Waals surface area contributed by atoms with Gasteiger partial charge < -0.3 is 10.6 Å². The Hall–Kier alpha value is -1.67. The molecule has 0 saturated carbocycles. The van der Waals surface area contributed by atoms with Crippen molar-refractivity contribution in [3.63, 3.8) is 0 Å². The Balaban J connectivity index is 0.00000364. The highest BCUT2D eigenvalue weighted by Crippen LogP contribution is 2.11. The normalized spacial score (nSPS) is 11.2. The lowest BCUT2D eigenvalue weighted by Crippen LogP contribution is -2.36. The summed E-state index contributed by atoms with van der Waals surface area (Å²) in [6.45, 7) is 8.61. The Morgan fingerprint density at radius 2 is 1.63 bits per heavy atom. The first-order chi connectivity index (χ1) is 12.7. The topological polar surface area (TPSA) is 39.7 Å². The summed E-state index contributed by atoms with van der Waals surface area (Å²) in [6, 6.07) is 15.0. The van der Waals surface area contributed by atoms with Crippen molar-refractivity contribution in [2.45, 2.75) is 33.5 Å². The van der Waals surface area contributed by atoms with E-state index in [1.807, 2.05) is 6.07 Å². The van der Waals surface area contributed by atoms with Crippen LogP contribution in [0.3, 0.4) is 0 Å². The fourth-order valence-corrected chi connectivity index (χ4v) is 2.80. The van der Waals surface area contributed by atoms with Crippen molar-refractivity contribution in [1.29, 1.82) is 0 Å². The number of halogens is 2. The SMILES string of the molecule is CCN(CC)Cc1ccccc1CNC(=NC)NCc1cccc(F)c1.I. The molecule has 0 unspecified atom stereocenters. The second kappa shape index (κ2) is 12.7. The van der Waals surface area contributed by atoms with Crippen molar-refractivity contribution in [3.8, 4) is 0 Å². The van der Waals surface area contributed by atoms with Crippen LogP contribution in [0, 0.1) is 5.82 Å². The van der Waals surface area contributed by atoms with Gasteiger partial charge in [-0.3, -0.25) is 9.89 Å². The predicted octanol–water partition coefficient (Wildman–Crippen LogP) is 4.15. The van der Waals surface area contributed by atoms with E-state index < -0.39 is 0 Å². The monoisotopic (exact) mass is 484 g/mol. The van der Waals surface area contributed by atoms with Gasteiger partial charge in [-0.2, -0.15) is 0 Å². The molecule has 2 rings (SSSR count). The van der Waals surface area contributed by atoms with E-state index in [-0.39, 0.29) is 29.8 Å². The molecule has 0 radical (unpaired) electrons. The zero-order valence-corrected chi connectivity index (χ0v) is 18.7. The van der Waals surface area contributed by atoms with Crippen molar-refractivity contribution in [1.82, 2.24) is 15.5 Å². The van der Waals surface area contributed by atoms with E-state index in [9.17, 15) is 4.39 Å². The molecule has 0 aliphatic rings. The fraction of sp³-hybridized carbons (Fsp3) is 0.381. The van der Waals surface area contributed by atoms with Crippen molar-refractivity contribution in [2.24, 2.45) is 4.99 Å². The maximum absolute atomic E-state index is 13.3. The van der Waals surface area contributed by atoms with Gasteiger partial charge in [0.25, 0.3) is 0 Å². The molecule has 27 heavy (non-hydrogen) atoms. The first-order valence-corrected chi connectivity index (χ1v) is 9.14. The summed E-state index contributed by atoms with van der Waals surface area (Å²) < 4.78 is 13.3. The molecular weight excluding hydrogens is 454 g/mol. The fourth-order valence-electron chi connectivity index (χ4n) is 2.80. The van der Waals surface area contributed by atoms with Gasteiger partial charge in [-0.05, 0) is 41.9 Å². The molecule has 0 amide bonds. The van der Waals surface area contributed by atoms with Gasteiger partial charge in [-0.25, -0.2) is 4.39 Å². The lowest BCUT2D eigenvalue weighted by molar-refractivity contribution is 0.295.